The minimum Gasteiger partial charge on any atom is -0.484 e. The Hall–Kier alpha value is -8.54. The smallest absolute Gasteiger partial charge is 0.257 e. The zero-order valence-corrected chi connectivity index (χ0v) is 75.2. The van der Waals surface area contributed by atoms with Crippen molar-refractivity contribution in [1.82, 2.24) is 59.8 Å². The maximum atomic E-state index is 10.2. The number of ether oxygens (including phenoxy) is 12. The van der Waals surface area contributed by atoms with E-state index in [4.69, 9.17) is 97.4 Å². The van der Waals surface area contributed by atoms with Gasteiger partial charge in [0, 0.05) is 127 Å². The SMILES string of the molecule is C=C(Br)CC.C=C(CC)c1ccnc2c1OCCO2.CCC(C)c1ccnc2c1OCCO2.CC[C@@H](C)c1ccnc2c1OCCO2.CNc1ncc(C)cn1.CSF.C[C@H](CN)c1ccnc2c1OCCO2.C[C@H](CNc1cc(Cl)ncn1)c1ccnc2c1OCCO2.Cc1ccnc2c1OCCO2.Clc1cc(Cl)ncn1.S.S.S. The van der Waals surface area contributed by atoms with Gasteiger partial charge in [-0.1, -0.05) is 119 Å². The zero-order valence-electron chi connectivity index (χ0n) is 67.5. The summed E-state index contributed by atoms with van der Waals surface area (Å²) < 4.78 is 76.9. The molecule has 36 heteroatoms. The highest BCUT2D eigenvalue weighted by atomic mass is 79.9. The second-order valence-electron chi connectivity index (χ2n) is 24.8. The largest absolute Gasteiger partial charge is 0.484 e. The number of aryl methyl sites for hydroxylation is 2. The number of aromatic nitrogens is 12. The first kappa shape index (κ1) is 102. The average molecular weight is 1810 g/mol. The van der Waals surface area contributed by atoms with Crippen LogP contribution in [0.25, 0.3) is 5.57 Å². The monoisotopic (exact) mass is 1800 g/mol. The molecule has 1 unspecified atom stereocenters. The van der Waals surface area contributed by atoms with E-state index < -0.39 is 0 Å². The van der Waals surface area contributed by atoms with Crippen LogP contribution in [0.4, 0.5) is 15.7 Å². The molecule has 0 aliphatic carbocycles. The van der Waals surface area contributed by atoms with Crippen molar-refractivity contribution in [3.05, 3.63) is 183 Å². The van der Waals surface area contributed by atoms with Crippen LogP contribution in [0.3, 0.4) is 0 Å². The van der Waals surface area contributed by atoms with E-state index in [2.05, 4.69) is 155 Å². The van der Waals surface area contributed by atoms with Crippen LogP contribution in [-0.2, 0) is 0 Å². The van der Waals surface area contributed by atoms with Gasteiger partial charge in [0.15, 0.2) is 34.5 Å². The van der Waals surface area contributed by atoms with Gasteiger partial charge in [0.05, 0.1) is 0 Å². The van der Waals surface area contributed by atoms with Crippen LogP contribution >= 0.6 is 103 Å². The van der Waals surface area contributed by atoms with Gasteiger partial charge in [-0.25, -0.2) is 59.8 Å². The standard InChI is InChI=1S/C14H15ClN4O2.2C11H15NO2.C11H13NO2.C10H14N2O2.C8H9NO2.C6H9N3.C4H7Br.C4H2Cl2N2.CH3FS.3H2S/c1-9(7-17-12-6-11(15)18-8-19-12)10-2-3-16-14-13(10)20-4-5-21-14;3*1-3-8(2)9-4-5-12-11-10(9)13-6-7-14-11;1-7(6-11)8-2-3-12-10-9(8)13-4-5-14-10;1-6-2-3-9-8-7(6)10-4-5-11-8;1-5-3-8-6(7-2)9-4-5;1-3-4(2)5;5-3-1-4(6)8-2-7-3;1-3-2;;;/h2-3,6,8-9H,4-5,7H2,1H3,(H,17,18,19);2*4-5,8H,3,6-7H2,1-2H3;4-5H,2-3,6-7H2,1H3;2-3,7H,4-6,11H2,1H3;2-3H,4-5H2,1H3;3-4H,1-2H3,(H,7,8,9);2-3H2,1H3;1-2H;1H3;3*1H2/t9-;8-;;;7-;;;;;;;;/m11..1......../s1. The summed E-state index contributed by atoms with van der Waals surface area (Å²) in [5.74, 6) is 11.2. The van der Waals surface area contributed by atoms with Crippen molar-refractivity contribution in [2.45, 2.75) is 119 Å². The normalized spacial score (nSPS) is 13.5. The van der Waals surface area contributed by atoms with E-state index in [9.17, 15) is 3.89 Å². The van der Waals surface area contributed by atoms with Gasteiger partial charge in [-0.15, -0.1) is 0 Å². The lowest BCUT2D eigenvalue weighted by molar-refractivity contribution is 0.162. The molecule has 116 heavy (non-hydrogen) atoms. The fraction of sp³-hybridized carbons (Fsp3) is 0.425. The van der Waals surface area contributed by atoms with Crippen LogP contribution in [0.1, 0.15) is 144 Å². The summed E-state index contributed by atoms with van der Waals surface area (Å²) in [7, 11) is 1.80. The minimum atomic E-state index is 0. The molecule has 6 aliphatic rings. The van der Waals surface area contributed by atoms with Crippen LogP contribution in [0.5, 0.6) is 69.8 Å². The highest BCUT2D eigenvalue weighted by Crippen LogP contribution is 2.41. The molecule has 0 aromatic carbocycles. The van der Waals surface area contributed by atoms with E-state index in [0.29, 0.717) is 167 Å². The van der Waals surface area contributed by atoms with Gasteiger partial charge in [0.2, 0.25) is 5.95 Å². The Bertz CT molecular complexity index is 4200. The van der Waals surface area contributed by atoms with E-state index >= 15 is 0 Å². The lowest BCUT2D eigenvalue weighted by Crippen LogP contribution is -2.19. The maximum absolute atomic E-state index is 10.2. The van der Waals surface area contributed by atoms with Crippen molar-refractivity contribution < 1.29 is 60.7 Å². The fourth-order valence-corrected chi connectivity index (χ4v) is 10.6. The van der Waals surface area contributed by atoms with Crippen molar-refractivity contribution in [2.24, 2.45) is 5.73 Å². The maximum Gasteiger partial charge on any atom is 0.257 e. The van der Waals surface area contributed by atoms with Crippen molar-refractivity contribution in [3.8, 4) is 69.8 Å². The minimum absolute atomic E-state index is 0. The van der Waals surface area contributed by atoms with Gasteiger partial charge < -0.3 is 73.2 Å². The number of hydrogen-bond acceptors (Lipinski definition) is 28. The van der Waals surface area contributed by atoms with Crippen LogP contribution in [0, 0.1) is 13.8 Å². The third-order valence-electron chi connectivity index (χ3n) is 16.7. The molecule has 0 saturated carbocycles. The van der Waals surface area contributed by atoms with Crippen LogP contribution in [0.15, 0.2) is 128 Å². The van der Waals surface area contributed by atoms with Gasteiger partial charge in [0.1, 0.15) is 113 Å². The Morgan fingerprint density at radius 2 is 0.784 bits per heavy atom. The molecule has 0 saturated heterocycles. The average Bonchev–Trinajstić information content (AvgIpc) is 0.825. The summed E-state index contributed by atoms with van der Waals surface area (Å²) in [6.07, 6.45) is 22.3. The molecule has 0 fully saturated rings. The Labute approximate surface area is 729 Å². The highest BCUT2D eigenvalue weighted by molar-refractivity contribution is 9.11. The van der Waals surface area contributed by atoms with Gasteiger partial charge in [-0.05, 0) is 121 Å². The Kier molecular flexibility index (Phi) is 49.7. The van der Waals surface area contributed by atoms with E-state index in [1.807, 2.05) is 50.2 Å². The highest BCUT2D eigenvalue weighted by Gasteiger charge is 2.25. The quantitative estimate of drug-likeness (QED) is 0.0852. The van der Waals surface area contributed by atoms with Crippen LogP contribution < -0.4 is 73.2 Å². The lowest BCUT2D eigenvalue weighted by atomic mass is 9.99. The van der Waals surface area contributed by atoms with Crippen LogP contribution in [-0.4, -0.2) is 165 Å². The summed E-state index contributed by atoms with van der Waals surface area (Å²) in [6.45, 7) is 36.9. The summed E-state index contributed by atoms with van der Waals surface area (Å²) in [4.78, 5) is 47.9. The number of pyridine rings is 6. The molecule has 9 aromatic heterocycles. The Morgan fingerprint density at radius 1 is 0.466 bits per heavy atom. The number of nitrogens with two attached hydrogens (primary N) is 1. The number of rotatable bonds is 14. The summed E-state index contributed by atoms with van der Waals surface area (Å²) in [5.41, 5.74) is 14.4. The van der Waals surface area contributed by atoms with Gasteiger partial charge in [-0.3, -0.25) is 0 Å². The summed E-state index contributed by atoms with van der Waals surface area (Å²) in [6, 6.07) is 14.9. The predicted octanol–water partition coefficient (Wildman–Crippen LogP) is 18.1. The van der Waals surface area contributed by atoms with Crippen molar-refractivity contribution in [3.63, 3.8) is 0 Å². The molecule has 4 atom stereocenters. The third kappa shape index (κ3) is 33.8. The first-order valence-corrected chi connectivity index (χ1v) is 39.9. The molecule has 15 rings (SSSR count). The molecule has 15 heterocycles. The molecular weight excluding hydrogens is 1700 g/mol. The number of nitrogens with zero attached hydrogens (tertiary/aromatic N) is 12. The van der Waals surface area contributed by atoms with E-state index in [1.165, 1.54) is 36.1 Å². The second kappa shape index (κ2) is 56.7. The Balaban J connectivity index is 0.000000341. The number of nitrogens with one attached hydrogen (secondary N) is 2. The second-order valence-corrected chi connectivity index (χ2v) is 27.4. The lowest BCUT2D eigenvalue weighted by Gasteiger charge is -2.22. The van der Waals surface area contributed by atoms with Crippen molar-refractivity contribution in [2.75, 3.05) is 116 Å². The molecule has 9 aromatic rings. The molecule has 0 amide bonds. The Morgan fingerprint density at radius 3 is 1.12 bits per heavy atom. The third-order valence-corrected chi connectivity index (χ3v) is 17.9. The van der Waals surface area contributed by atoms with Crippen molar-refractivity contribution in [1.29, 1.82) is 0 Å². The summed E-state index contributed by atoms with van der Waals surface area (Å²) in [5, 5.41) is 7.22. The number of hydrogen-bond donors (Lipinski definition) is 3. The number of fused-ring (bicyclic) bond motifs is 6. The van der Waals surface area contributed by atoms with E-state index in [1.54, 1.807) is 62.7 Å². The molecule has 0 spiro atoms. The molecule has 0 radical (unpaired) electrons. The number of halogens is 5. The van der Waals surface area contributed by atoms with Crippen LogP contribution in [0.2, 0.25) is 15.5 Å². The predicted molar refractivity (Wildman–Crippen MR) is 477 cm³/mol. The molecule has 0 bridgehead atoms. The number of allylic oxidation sites excluding steroid dienone is 2. The zero-order chi connectivity index (χ0) is 81.9. The topological polar surface area (TPSA) is 316 Å². The van der Waals surface area contributed by atoms with E-state index in [0.717, 1.165) is 98.1 Å². The molecule has 6 aliphatic heterocycles. The molecule has 27 nitrogen and oxygen atoms in total. The first-order chi connectivity index (χ1) is 54.7. The number of anilines is 2. The first-order valence-electron chi connectivity index (χ1n) is 36.8. The van der Waals surface area contributed by atoms with E-state index in [-0.39, 0.29) is 64.5 Å². The van der Waals surface area contributed by atoms with Crippen molar-refractivity contribution >= 4 is 121 Å². The fourth-order valence-electron chi connectivity index (χ4n) is 10.1. The summed E-state index contributed by atoms with van der Waals surface area (Å²) >= 11 is 20.1. The molecular formula is C80H108BrCl3FN15O12S4. The van der Waals surface area contributed by atoms with Gasteiger partial charge in [-0.2, -0.15) is 44.4 Å². The van der Waals surface area contributed by atoms with Gasteiger partial charge in [0.25, 0.3) is 35.3 Å². The van der Waals surface area contributed by atoms with Gasteiger partial charge >= 0.3 is 0 Å². The molecule has 4 N–H and O–H groups in total. The molecule has 634 valence electrons.